The van der Waals surface area contributed by atoms with Gasteiger partial charge in [-0.05, 0) is 42.8 Å². The fourth-order valence-electron chi connectivity index (χ4n) is 2.28. The minimum atomic E-state index is -0.417. The molecule has 21 heavy (non-hydrogen) atoms. The van der Waals surface area contributed by atoms with Gasteiger partial charge in [0.25, 0.3) is 0 Å². The highest BCUT2D eigenvalue weighted by Gasteiger charge is 2.12. The van der Waals surface area contributed by atoms with Crippen molar-refractivity contribution in [2.75, 3.05) is 10.6 Å². The van der Waals surface area contributed by atoms with Crippen LogP contribution in [0.4, 0.5) is 26.2 Å². The zero-order valence-electron chi connectivity index (χ0n) is 11.5. The number of benzene rings is 2. The van der Waals surface area contributed by atoms with E-state index in [0.29, 0.717) is 11.4 Å². The monoisotopic (exact) mass is 283 g/mol. The maximum Gasteiger partial charge on any atom is 0.323 e. The fourth-order valence-corrected chi connectivity index (χ4v) is 2.28. The summed E-state index contributed by atoms with van der Waals surface area (Å²) in [5, 5.41) is 5.29. The molecule has 2 aromatic carbocycles. The van der Waals surface area contributed by atoms with E-state index in [1.807, 2.05) is 25.1 Å². The third-order valence-electron chi connectivity index (χ3n) is 3.18. The lowest BCUT2D eigenvalue weighted by Crippen LogP contribution is -2.19. The Hall–Kier alpha value is -2.69. The first-order chi connectivity index (χ1) is 10.1. The van der Waals surface area contributed by atoms with Crippen molar-refractivity contribution in [2.45, 2.75) is 13.3 Å². The van der Waals surface area contributed by atoms with Crippen LogP contribution >= 0.6 is 0 Å². The van der Waals surface area contributed by atoms with Crippen molar-refractivity contribution in [3.63, 3.8) is 0 Å². The zero-order valence-corrected chi connectivity index (χ0v) is 11.5. The zero-order chi connectivity index (χ0) is 14.8. The van der Waals surface area contributed by atoms with Crippen LogP contribution in [0.5, 0.6) is 0 Å². The van der Waals surface area contributed by atoms with Crippen LogP contribution in [0.1, 0.15) is 12.5 Å². The quantitative estimate of drug-likeness (QED) is 0.856. The minimum Gasteiger partial charge on any atom is -0.308 e. The Morgan fingerprint density at radius 1 is 1.14 bits per heavy atom. The molecule has 0 saturated heterocycles. The number of nitrogens with one attached hydrogen (secondary N) is 2. The number of hydrogen-bond donors (Lipinski definition) is 2. The van der Waals surface area contributed by atoms with E-state index < -0.39 is 11.8 Å². The maximum atomic E-state index is 13.0. The van der Waals surface area contributed by atoms with E-state index in [9.17, 15) is 9.18 Å². The van der Waals surface area contributed by atoms with Gasteiger partial charge in [0.15, 0.2) is 0 Å². The Morgan fingerprint density at radius 2 is 1.90 bits per heavy atom. The van der Waals surface area contributed by atoms with Crippen molar-refractivity contribution < 1.29 is 9.18 Å². The van der Waals surface area contributed by atoms with Crippen LogP contribution in [0.2, 0.25) is 0 Å². The summed E-state index contributed by atoms with van der Waals surface area (Å²) >= 11 is 0. The summed E-state index contributed by atoms with van der Waals surface area (Å²) in [7, 11) is 0. The minimum absolute atomic E-state index is 0.393. The van der Waals surface area contributed by atoms with Gasteiger partial charge in [-0.15, -0.1) is 0 Å². The Labute approximate surface area is 121 Å². The van der Waals surface area contributed by atoms with Gasteiger partial charge in [0.1, 0.15) is 5.82 Å². The number of carbonyl (C=O) groups excluding carboxylic acids is 1. The number of carbonyl (C=O) groups is 1. The number of rotatable bonds is 2. The van der Waals surface area contributed by atoms with E-state index in [-0.39, 0.29) is 0 Å². The molecule has 4 nitrogen and oxygen atoms in total. The summed E-state index contributed by atoms with van der Waals surface area (Å²) in [5.74, 6) is -0.393. The van der Waals surface area contributed by atoms with Gasteiger partial charge >= 0.3 is 6.03 Å². The lowest BCUT2D eigenvalue weighted by molar-refractivity contribution is 0.262. The first-order valence-electron chi connectivity index (χ1n) is 6.61. The van der Waals surface area contributed by atoms with Gasteiger partial charge in [0.05, 0.1) is 5.69 Å². The average Bonchev–Trinajstić information content (AvgIpc) is 2.78. The maximum absolute atomic E-state index is 13.0. The predicted molar refractivity (Wildman–Crippen MR) is 82.0 cm³/mol. The van der Waals surface area contributed by atoms with Crippen LogP contribution in [-0.2, 0) is 6.42 Å². The predicted octanol–water partition coefficient (Wildman–Crippen LogP) is 4.12. The number of fused-ring (bicyclic) bond motifs is 1. The highest BCUT2D eigenvalue weighted by molar-refractivity contribution is 6.00. The summed E-state index contributed by atoms with van der Waals surface area (Å²) < 4.78 is 13.0. The van der Waals surface area contributed by atoms with Gasteiger partial charge in [0, 0.05) is 23.5 Å². The molecule has 0 aromatic heterocycles. The van der Waals surface area contributed by atoms with Crippen LogP contribution in [-0.4, -0.2) is 11.7 Å². The van der Waals surface area contributed by atoms with Crippen molar-refractivity contribution in [2.24, 2.45) is 4.99 Å². The third kappa shape index (κ3) is 3.08. The molecule has 2 amide bonds. The molecular weight excluding hydrogens is 269 g/mol. The summed E-state index contributed by atoms with van der Waals surface area (Å²) in [6, 6.07) is 10.9. The van der Waals surface area contributed by atoms with Crippen LogP contribution < -0.4 is 10.6 Å². The van der Waals surface area contributed by atoms with E-state index >= 15 is 0 Å². The lowest BCUT2D eigenvalue weighted by atomic mass is 10.1. The number of halogens is 1. The molecule has 3 rings (SSSR count). The molecule has 1 heterocycles. The van der Waals surface area contributed by atoms with Gasteiger partial charge < -0.3 is 10.6 Å². The van der Waals surface area contributed by atoms with Crippen LogP contribution in [0.3, 0.4) is 0 Å². The van der Waals surface area contributed by atoms with E-state index in [4.69, 9.17) is 0 Å². The van der Waals surface area contributed by atoms with Gasteiger partial charge in [-0.3, -0.25) is 4.99 Å². The second-order valence-corrected chi connectivity index (χ2v) is 4.96. The average molecular weight is 283 g/mol. The number of hydrogen-bond acceptors (Lipinski definition) is 2. The molecule has 106 valence electrons. The number of aliphatic imine (C=N–C) groups is 1. The van der Waals surface area contributed by atoms with E-state index in [0.717, 1.165) is 23.4 Å². The molecule has 1 aliphatic rings. The summed E-state index contributed by atoms with van der Waals surface area (Å²) in [4.78, 5) is 16.3. The van der Waals surface area contributed by atoms with Crippen molar-refractivity contribution >= 4 is 28.8 Å². The van der Waals surface area contributed by atoms with Crippen LogP contribution in [0, 0.1) is 5.82 Å². The Bertz CT molecular complexity index is 740. The first-order valence-corrected chi connectivity index (χ1v) is 6.61. The van der Waals surface area contributed by atoms with E-state index in [1.54, 1.807) is 6.07 Å². The molecule has 0 fully saturated rings. The summed E-state index contributed by atoms with van der Waals surface area (Å²) in [6.45, 7) is 1.98. The smallest absolute Gasteiger partial charge is 0.308 e. The van der Waals surface area contributed by atoms with Gasteiger partial charge in [-0.2, -0.15) is 0 Å². The SMILES string of the molecule is CC1=Nc2cc(NC(=O)Nc3cccc(F)c3)ccc2C1. The number of urea groups is 1. The van der Waals surface area contributed by atoms with Gasteiger partial charge in [-0.25, -0.2) is 9.18 Å². The van der Waals surface area contributed by atoms with Crippen molar-refractivity contribution in [3.05, 3.63) is 53.8 Å². The lowest BCUT2D eigenvalue weighted by Gasteiger charge is -2.08. The van der Waals surface area contributed by atoms with Crippen LogP contribution in [0.15, 0.2) is 47.5 Å². The van der Waals surface area contributed by atoms with Crippen molar-refractivity contribution in [1.82, 2.24) is 0 Å². The molecule has 0 atom stereocenters. The molecule has 0 unspecified atom stereocenters. The number of amides is 2. The molecule has 5 heteroatoms. The second kappa shape index (κ2) is 5.36. The molecule has 1 aliphatic heterocycles. The van der Waals surface area contributed by atoms with E-state index in [2.05, 4.69) is 15.6 Å². The van der Waals surface area contributed by atoms with E-state index in [1.165, 1.54) is 18.2 Å². The highest BCUT2D eigenvalue weighted by Crippen LogP contribution is 2.29. The molecule has 0 spiro atoms. The molecule has 2 N–H and O–H groups in total. The normalized spacial score (nSPS) is 12.6. The third-order valence-corrected chi connectivity index (χ3v) is 3.18. The Morgan fingerprint density at radius 3 is 2.67 bits per heavy atom. The molecule has 0 saturated carbocycles. The fraction of sp³-hybridized carbons (Fsp3) is 0.125. The van der Waals surface area contributed by atoms with Gasteiger partial charge in [0.2, 0.25) is 0 Å². The topological polar surface area (TPSA) is 53.5 Å². The summed E-state index contributed by atoms with van der Waals surface area (Å²) in [6.07, 6.45) is 0.852. The Balaban J connectivity index is 1.69. The highest BCUT2D eigenvalue weighted by atomic mass is 19.1. The molecular formula is C16H14FN3O. The molecule has 2 aromatic rings. The second-order valence-electron chi connectivity index (χ2n) is 4.96. The molecule has 0 radical (unpaired) electrons. The first kappa shape index (κ1) is 13.3. The van der Waals surface area contributed by atoms with Crippen molar-refractivity contribution in [3.8, 4) is 0 Å². The standard InChI is InChI=1S/C16H14FN3O/c1-10-7-11-5-6-14(9-15(11)18-10)20-16(21)19-13-4-2-3-12(17)8-13/h2-6,8-9H,7H2,1H3,(H2,19,20,21). The number of anilines is 2. The summed E-state index contributed by atoms with van der Waals surface area (Å²) in [5.41, 5.74) is 4.16. The van der Waals surface area contributed by atoms with Gasteiger partial charge in [-0.1, -0.05) is 12.1 Å². The number of nitrogens with zero attached hydrogens (tertiary/aromatic N) is 1. The molecule has 0 aliphatic carbocycles. The Kier molecular flexibility index (Phi) is 3.39. The molecule has 0 bridgehead atoms. The van der Waals surface area contributed by atoms with Crippen molar-refractivity contribution in [1.29, 1.82) is 0 Å². The van der Waals surface area contributed by atoms with Crippen LogP contribution in [0.25, 0.3) is 0 Å². The largest absolute Gasteiger partial charge is 0.323 e.